The molecule has 0 saturated heterocycles. The molecule has 0 bridgehead atoms. The first-order valence-corrected chi connectivity index (χ1v) is 11.3. The first kappa shape index (κ1) is 21.5. The highest BCUT2D eigenvalue weighted by atomic mass is 31.2. The topological polar surface area (TPSA) is 90.9 Å². The molecule has 1 aromatic rings. The average molecular weight is 397 g/mol. The Morgan fingerprint density at radius 3 is 2.48 bits per heavy atom. The molecule has 1 fully saturated rings. The molecule has 2 unspecified atom stereocenters. The van der Waals surface area contributed by atoms with E-state index < -0.39 is 25.4 Å². The summed E-state index contributed by atoms with van der Waals surface area (Å²) < 4.78 is 27.7. The van der Waals surface area contributed by atoms with Crippen LogP contribution in [0.15, 0.2) is 30.3 Å². The van der Waals surface area contributed by atoms with Gasteiger partial charge in [0, 0.05) is 6.66 Å². The van der Waals surface area contributed by atoms with Gasteiger partial charge in [0.2, 0.25) is 0 Å². The Morgan fingerprint density at radius 1 is 1.19 bits per heavy atom. The SMILES string of the molecule is COC(=O)P(C)(=O)OC(CC1CCCCC1)NC(=O)OCc1ccccc1. The van der Waals surface area contributed by atoms with E-state index in [1.807, 2.05) is 30.3 Å². The first-order valence-electron chi connectivity index (χ1n) is 9.22. The molecule has 8 heteroatoms. The van der Waals surface area contributed by atoms with Gasteiger partial charge in [0.1, 0.15) is 12.8 Å². The van der Waals surface area contributed by atoms with Gasteiger partial charge in [-0.15, -0.1) is 0 Å². The number of benzene rings is 1. The molecule has 1 aromatic carbocycles. The fourth-order valence-corrected chi connectivity index (χ4v) is 4.24. The lowest BCUT2D eigenvalue weighted by Crippen LogP contribution is -2.38. The highest BCUT2D eigenvalue weighted by Crippen LogP contribution is 2.46. The Kier molecular flexibility index (Phi) is 8.32. The zero-order valence-electron chi connectivity index (χ0n) is 15.9. The minimum atomic E-state index is -3.67. The van der Waals surface area contributed by atoms with Gasteiger partial charge in [-0.05, 0) is 17.9 Å². The van der Waals surface area contributed by atoms with Crippen LogP contribution >= 0.6 is 7.37 Å². The predicted molar refractivity (Wildman–Crippen MR) is 102 cm³/mol. The molecule has 1 amide bonds. The fourth-order valence-electron chi connectivity index (χ4n) is 3.20. The highest BCUT2D eigenvalue weighted by molar-refractivity contribution is 7.74. The summed E-state index contributed by atoms with van der Waals surface area (Å²) in [6.45, 7) is 1.31. The minimum absolute atomic E-state index is 0.115. The van der Waals surface area contributed by atoms with Crippen LogP contribution in [-0.2, 0) is 25.2 Å². The van der Waals surface area contributed by atoms with E-state index in [0.717, 1.165) is 38.4 Å². The van der Waals surface area contributed by atoms with E-state index in [-0.39, 0.29) is 6.61 Å². The summed E-state index contributed by atoms with van der Waals surface area (Å²) >= 11 is 0. The molecule has 0 aliphatic heterocycles. The van der Waals surface area contributed by atoms with Crippen LogP contribution in [0, 0.1) is 5.92 Å². The van der Waals surface area contributed by atoms with Crippen molar-refractivity contribution in [2.45, 2.75) is 51.4 Å². The third-order valence-corrected chi connectivity index (χ3v) is 6.10. The van der Waals surface area contributed by atoms with Crippen LogP contribution in [0.2, 0.25) is 0 Å². The van der Waals surface area contributed by atoms with Crippen molar-refractivity contribution in [3.05, 3.63) is 35.9 Å². The molecule has 0 radical (unpaired) electrons. The van der Waals surface area contributed by atoms with Gasteiger partial charge < -0.3 is 9.47 Å². The number of nitrogens with one attached hydrogen (secondary N) is 1. The summed E-state index contributed by atoms with van der Waals surface area (Å²) in [5.41, 5.74) is -0.0660. The van der Waals surface area contributed by atoms with Crippen LogP contribution in [-0.4, -0.2) is 31.8 Å². The van der Waals surface area contributed by atoms with E-state index in [4.69, 9.17) is 9.26 Å². The maximum absolute atomic E-state index is 12.5. The molecule has 1 aliphatic carbocycles. The van der Waals surface area contributed by atoms with Crippen LogP contribution in [0.3, 0.4) is 0 Å². The van der Waals surface area contributed by atoms with Crippen molar-refractivity contribution in [1.29, 1.82) is 0 Å². The van der Waals surface area contributed by atoms with Gasteiger partial charge in [0.15, 0.2) is 0 Å². The van der Waals surface area contributed by atoms with Gasteiger partial charge in [0.25, 0.3) is 0 Å². The molecule has 0 spiro atoms. The standard InChI is InChI=1S/C19H28NO6P/c1-24-19(22)27(2,23)26-17(13-15-9-5-3-6-10-15)20-18(21)25-14-16-11-7-4-8-12-16/h4,7-8,11-12,15,17H,3,5-6,9-10,13-14H2,1-2H3,(H,20,21). The van der Waals surface area contributed by atoms with Gasteiger partial charge in [-0.2, -0.15) is 0 Å². The van der Waals surface area contributed by atoms with E-state index in [0.29, 0.717) is 12.3 Å². The lowest BCUT2D eigenvalue weighted by atomic mass is 9.86. The van der Waals surface area contributed by atoms with E-state index in [9.17, 15) is 14.2 Å². The second-order valence-electron chi connectivity index (χ2n) is 6.86. The number of carbonyl (C=O) groups excluding carboxylic acids is 2. The summed E-state index contributed by atoms with van der Waals surface area (Å²) in [5, 5.41) is 2.61. The number of alkyl carbamates (subject to hydrolysis) is 1. The van der Waals surface area contributed by atoms with Crippen molar-refractivity contribution >= 4 is 19.2 Å². The molecule has 150 valence electrons. The predicted octanol–water partition coefficient (Wildman–Crippen LogP) is 4.90. The second-order valence-corrected chi connectivity index (χ2v) is 9.12. The van der Waals surface area contributed by atoms with Crippen molar-refractivity contribution < 1.29 is 28.2 Å². The molecule has 1 N–H and O–H groups in total. The normalized spacial score (nSPS) is 18.1. The molecular weight excluding hydrogens is 369 g/mol. The number of rotatable bonds is 8. The van der Waals surface area contributed by atoms with Gasteiger partial charge in [-0.25, -0.2) is 9.59 Å². The average Bonchev–Trinajstić information content (AvgIpc) is 2.67. The fraction of sp³-hybridized carbons (Fsp3) is 0.579. The van der Waals surface area contributed by atoms with Crippen molar-refractivity contribution in [3.8, 4) is 0 Å². The number of amides is 1. The number of methoxy groups -OCH3 is 1. The monoisotopic (exact) mass is 397 g/mol. The van der Waals surface area contributed by atoms with Gasteiger partial charge in [0.05, 0.1) is 7.11 Å². The Hall–Kier alpha value is -1.85. The van der Waals surface area contributed by atoms with Gasteiger partial charge in [-0.3, -0.25) is 14.4 Å². The Balaban J connectivity index is 1.96. The van der Waals surface area contributed by atoms with E-state index in [1.54, 1.807) is 0 Å². The largest absolute Gasteiger partial charge is 0.462 e. The molecular formula is C19H28NO6P. The molecule has 0 aromatic heterocycles. The van der Waals surface area contributed by atoms with Gasteiger partial charge >= 0.3 is 19.2 Å². The molecule has 2 rings (SSSR count). The molecule has 7 nitrogen and oxygen atoms in total. The zero-order valence-corrected chi connectivity index (χ0v) is 16.8. The number of hydrogen-bond acceptors (Lipinski definition) is 6. The molecule has 1 saturated carbocycles. The molecule has 0 heterocycles. The maximum Gasteiger partial charge on any atom is 0.409 e. The lowest BCUT2D eigenvalue weighted by molar-refractivity contribution is 0.0902. The van der Waals surface area contributed by atoms with E-state index >= 15 is 0 Å². The maximum atomic E-state index is 12.5. The Labute approximate surface area is 160 Å². The van der Waals surface area contributed by atoms with Crippen molar-refractivity contribution in [2.75, 3.05) is 13.8 Å². The number of carbonyl (C=O) groups is 2. The summed E-state index contributed by atoms with van der Waals surface area (Å²) in [5.74, 6) is 0.343. The van der Waals surface area contributed by atoms with Crippen molar-refractivity contribution in [2.24, 2.45) is 5.92 Å². The van der Waals surface area contributed by atoms with Crippen LogP contribution in [0.5, 0.6) is 0 Å². The second kappa shape index (κ2) is 10.5. The quantitative estimate of drug-likeness (QED) is 0.496. The highest BCUT2D eigenvalue weighted by Gasteiger charge is 2.34. The van der Waals surface area contributed by atoms with Crippen LogP contribution < -0.4 is 5.32 Å². The molecule has 2 atom stereocenters. The van der Waals surface area contributed by atoms with E-state index in [2.05, 4.69) is 10.1 Å². The Bertz CT molecular complexity index is 659. The number of hydrogen-bond donors (Lipinski definition) is 1. The summed E-state index contributed by atoms with van der Waals surface area (Å²) in [4.78, 5) is 23.9. The van der Waals surface area contributed by atoms with Crippen LogP contribution in [0.1, 0.15) is 44.1 Å². The third-order valence-electron chi connectivity index (χ3n) is 4.60. The first-order chi connectivity index (χ1) is 12.9. The molecule has 1 aliphatic rings. The molecule has 27 heavy (non-hydrogen) atoms. The summed E-state index contributed by atoms with van der Waals surface area (Å²) in [6, 6.07) is 9.29. The number of ether oxygens (including phenoxy) is 2. The zero-order chi connectivity index (χ0) is 19.7. The van der Waals surface area contributed by atoms with Gasteiger partial charge in [-0.1, -0.05) is 62.4 Å². The van der Waals surface area contributed by atoms with Crippen LogP contribution in [0.4, 0.5) is 9.59 Å². The lowest BCUT2D eigenvalue weighted by Gasteiger charge is -2.28. The summed E-state index contributed by atoms with van der Waals surface area (Å²) in [7, 11) is -2.52. The van der Waals surface area contributed by atoms with E-state index in [1.165, 1.54) is 13.1 Å². The van der Waals surface area contributed by atoms with Crippen molar-refractivity contribution in [3.63, 3.8) is 0 Å². The summed E-state index contributed by atoms with van der Waals surface area (Å²) in [6.07, 6.45) is 4.42. The van der Waals surface area contributed by atoms with Crippen LogP contribution in [0.25, 0.3) is 0 Å². The van der Waals surface area contributed by atoms with Crippen molar-refractivity contribution in [1.82, 2.24) is 5.32 Å². The smallest absolute Gasteiger partial charge is 0.409 e. The minimum Gasteiger partial charge on any atom is -0.462 e. The Morgan fingerprint density at radius 2 is 1.85 bits per heavy atom. The third kappa shape index (κ3) is 7.35.